The number of rotatable bonds is 4. The van der Waals surface area contributed by atoms with Gasteiger partial charge in [0.05, 0.1) is 11.8 Å². The fourth-order valence-corrected chi connectivity index (χ4v) is 4.17. The molecule has 1 amide bonds. The van der Waals surface area contributed by atoms with Crippen LogP contribution in [0.4, 0.5) is 5.69 Å². The monoisotopic (exact) mass is 467 g/mol. The van der Waals surface area contributed by atoms with Crippen molar-refractivity contribution < 1.29 is 23.5 Å². The predicted molar refractivity (Wildman–Crippen MR) is 120 cm³/mol. The number of aliphatic hydroxyl groups is 1. The lowest BCUT2D eigenvalue weighted by Gasteiger charge is -2.25. The largest absolute Gasteiger partial charge is 0.503 e. The normalized spacial score (nSPS) is 16.4. The Kier molecular flexibility index (Phi) is 4.84. The first-order chi connectivity index (χ1) is 15.3. The van der Waals surface area contributed by atoms with Gasteiger partial charge in [0, 0.05) is 21.1 Å². The lowest BCUT2D eigenvalue weighted by Crippen LogP contribution is -2.30. The molecule has 4 aromatic rings. The topological polar surface area (TPSA) is 83.9 Å². The number of fused-ring (bicyclic) bond motifs is 1. The molecule has 0 saturated heterocycles. The Bertz CT molecular complexity index is 1420. The zero-order chi connectivity index (χ0) is 22.6. The van der Waals surface area contributed by atoms with Crippen LogP contribution in [0.15, 0.2) is 81.0 Å². The molecule has 1 aliphatic heterocycles. The molecule has 32 heavy (non-hydrogen) atoms. The number of hydrogen-bond donors (Lipinski definition) is 1. The third-order valence-electron chi connectivity index (χ3n) is 5.40. The Hall–Kier alpha value is -3.48. The Labute approximate surface area is 192 Å². The number of aryl methyl sites for hydroxylation is 1. The number of furan rings is 2. The van der Waals surface area contributed by atoms with Gasteiger partial charge in [-0.3, -0.25) is 14.5 Å². The van der Waals surface area contributed by atoms with Crippen LogP contribution in [0.1, 0.15) is 27.9 Å². The second-order valence-electron chi connectivity index (χ2n) is 7.41. The van der Waals surface area contributed by atoms with E-state index in [1.54, 1.807) is 48.5 Å². The van der Waals surface area contributed by atoms with E-state index in [4.69, 9.17) is 32.0 Å². The van der Waals surface area contributed by atoms with E-state index in [0.29, 0.717) is 32.5 Å². The summed E-state index contributed by atoms with van der Waals surface area (Å²) >= 11 is 12.3. The highest BCUT2D eigenvalue weighted by molar-refractivity contribution is 6.32. The van der Waals surface area contributed by atoms with Crippen molar-refractivity contribution in [3.63, 3.8) is 0 Å². The number of carbonyl (C=O) groups excluding carboxylic acids is 2. The molecule has 0 bridgehead atoms. The number of benzene rings is 2. The first-order valence-corrected chi connectivity index (χ1v) is 10.4. The molecule has 160 valence electrons. The molecule has 0 saturated carbocycles. The summed E-state index contributed by atoms with van der Waals surface area (Å²) in [5, 5.41) is 12.3. The van der Waals surface area contributed by atoms with Crippen molar-refractivity contribution in [2.75, 3.05) is 4.90 Å². The third kappa shape index (κ3) is 3.20. The van der Waals surface area contributed by atoms with Gasteiger partial charge >= 0.3 is 0 Å². The fourth-order valence-electron chi connectivity index (χ4n) is 3.81. The van der Waals surface area contributed by atoms with Gasteiger partial charge in [0.1, 0.15) is 17.4 Å². The van der Waals surface area contributed by atoms with Crippen LogP contribution in [0.5, 0.6) is 0 Å². The lowest BCUT2D eigenvalue weighted by atomic mass is 9.99. The summed E-state index contributed by atoms with van der Waals surface area (Å²) in [5.41, 5.74) is 1.55. The minimum atomic E-state index is -0.999. The number of hydrogen-bond acceptors (Lipinski definition) is 5. The highest BCUT2D eigenvalue weighted by atomic mass is 35.5. The van der Waals surface area contributed by atoms with Gasteiger partial charge in [0.2, 0.25) is 5.78 Å². The Balaban J connectivity index is 1.64. The van der Waals surface area contributed by atoms with Gasteiger partial charge < -0.3 is 13.9 Å². The number of ketones is 1. The molecule has 0 aliphatic carbocycles. The van der Waals surface area contributed by atoms with Crippen molar-refractivity contribution in [2.45, 2.75) is 13.0 Å². The molecular formula is C24H15Cl2NO5. The summed E-state index contributed by atoms with van der Waals surface area (Å²) in [5.74, 6) is -1.77. The Morgan fingerprint density at radius 1 is 1.09 bits per heavy atom. The molecular weight excluding hydrogens is 453 g/mol. The fraction of sp³-hybridized carbons (Fsp3) is 0.0833. The van der Waals surface area contributed by atoms with Crippen LogP contribution in [-0.4, -0.2) is 16.8 Å². The van der Waals surface area contributed by atoms with Crippen molar-refractivity contribution in [3.8, 4) is 0 Å². The van der Waals surface area contributed by atoms with Gasteiger partial charge in [-0.15, -0.1) is 0 Å². The number of amides is 1. The van der Waals surface area contributed by atoms with E-state index in [1.165, 1.54) is 17.2 Å². The smallest absolute Gasteiger partial charge is 0.294 e. The van der Waals surface area contributed by atoms with E-state index >= 15 is 0 Å². The van der Waals surface area contributed by atoms with Gasteiger partial charge in [-0.2, -0.15) is 0 Å². The van der Waals surface area contributed by atoms with Crippen LogP contribution in [0.2, 0.25) is 10.0 Å². The number of halogens is 2. The van der Waals surface area contributed by atoms with E-state index in [0.717, 1.165) is 5.56 Å². The van der Waals surface area contributed by atoms with E-state index < -0.39 is 23.5 Å². The molecule has 0 spiro atoms. The average Bonchev–Trinajstić information content (AvgIpc) is 3.49. The van der Waals surface area contributed by atoms with Gasteiger partial charge in [-0.1, -0.05) is 29.3 Å². The maximum absolute atomic E-state index is 13.5. The summed E-state index contributed by atoms with van der Waals surface area (Å²) in [4.78, 5) is 27.9. The van der Waals surface area contributed by atoms with Gasteiger partial charge in [-0.25, -0.2) is 0 Å². The van der Waals surface area contributed by atoms with E-state index in [2.05, 4.69) is 0 Å². The van der Waals surface area contributed by atoms with Crippen molar-refractivity contribution in [3.05, 3.63) is 99.3 Å². The lowest BCUT2D eigenvalue weighted by molar-refractivity contribution is -0.117. The van der Waals surface area contributed by atoms with Crippen LogP contribution in [0.25, 0.3) is 11.0 Å². The van der Waals surface area contributed by atoms with E-state index in [-0.39, 0.29) is 11.3 Å². The second-order valence-corrected chi connectivity index (χ2v) is 8.25. The maximum Gasteiger partial charge on any atom is 0.294 e. The first kappa shape index (κ1) is 20.4. The summed E-state index contributed by atoms with van der Waals surface area (Å²) < 4.78 is 11.2. The zero-order valence-electron chi connectivity index (χ0n) is 16.6. The van der Waals surface area contributed by atoms with Crippen LogP contribution in [-0.2, 0) is 4.79 Å². The second kappa shape index (κ2) is 7.58. The molecule has 5 rings (SSSR count). The SMILES string of the molecule is Cc1ccc(N2C(=O)C(O)=C(C(=O)c3cc4cc(Cl)ccc4o3)C2c2ccco2)cc1Cl. The van der Waals surface area contributed by atoms with Gasteiger partial charge in [0.25, 0.3) is 5.91 Å². The highest BCUT2D eigenvalue weighted by Crippen LogP contribution is 2.43. The van der Waals surface area contributed by atoms with E-state index in [9.17, 15) is 14.7 Å². The standard InChI is InChI=1S/C24H15Cl2NO5/c1-12-4-6-15(11-16(12)26)27-21(18-3-2-8-31-18)20(23(29)24(27)30)22(28)19-10-13-9-14(25)5-7-17(13)32-19/h2-11,21,29H,1H3. The molecule has 8 heteroatoms. The predicted octanol–water partition coefficient (Wildman–Crippen LogP) is 6.42. The van der Waals surface area contributed by atoms with Crippen molar-refractivity contribution in [1.82, 2.24) is 0 Å². The zero-order valence-corrected chi connectivity index (χ0v) is 18.1. The summed E-state index contributed by atoms with van der Waals surface area (Å²) in [7, 11) is 0. The molecule has 6 nitrogen and oxygen atoms in total. The number of carbonyl (C=O) groups is 2. The van der Waals surface area contributed by atoms with Crippen LogP contribution in [0, 0.1) is 6.92 Å². The molecule has 2 aromatic carbocycles. The molecule has 1 atom stereocenters. The van der Waals surface area contributed by atoms with Gasteiger partial charge in [-0.05, 0) is 61.0 Å². The number of anilines is 1. The number of aliphatic hydroxyl groups excluding tert-OH is 1. The Morgan fingerprint density at radius 3 is 2.62 bits per heavy atom. The average molecular weight is 468 g/mol. The van der Waals surface area contributed by atoms with Crippen LogP contribution >= 0.6 is 23.2 Å². The maximum atomic E-state index is 13.5. The van der Waals surface area contributed by atoms with Crippen molar-refractivity contribution >= 4 is 51.5 Å². The van der Waals surface area contributed by atoms with Gasteiger partial charge in [0.15, 0.2) is 11.5 Å². The summed E-state index contributed by atoms with van der Waals surface area (Å²) in [6, 6.07) is 13.8. The summed E-state index contributed by atoms with van der Waals surface area (Å²) in [6.07, 6.45) is 1.43. The summed E-state index contributed by atoms with van der Waals surface area (Å²) in [6.45, 7) is 1.83. The number of Topliss-reactive ketones (excluding diaryl/α,β-unsaturated/α-hetero) is 1. The third-order valence-corrected chi connectivity index (χ3v) is 6.04. The first-order valence-electron chi connectivity index (χ1n) is 9.65. The van der Waals surface area contributed by atoms with Crippen LogP contribution < -0.4 is 4.90 Å². The molecule has 1 unspecified atom stereocenters. The molecule has 0 radical (unpaired) electrons. The highest BCUT2D eigenvalue weighted by Gasteiger charge is 2.46. The van der Waals surface area contributed by atoms with Crippen molar-refractivity contribution in [1.29, 1.82) is 0 Å². The number of nitrogens with zero attached hydrogens (tertiary/aromatic N) is 1. The molecule has 3 heterocycles. The van der Waals surface area contributed by atoms with E-state index in [1.807, 2.05) is 6.92 Å². The quantitative estimate of drug-likeness (QED) is 0.349. The molecule has 1 aliphatic rings. The minimum absolute atomic E-state index is 0.0306. The van der Waals surface area contributed by atoms with Crippen LogP contribution in [0.3, 0.4) is 0 Å². The molecule has 0 fully saturated rings. The molecule has 1 N–H and O–H groups in total. The minimum Gasteiger partial charge on any atom is -0.503 e. The Morgan fingerprint density at radius 2 is 1.91 bits per heavy atom. The molecule has 2 aromatic heterocycles. The van der Waals surface area contributed by atoms with Crippen molar-refractivity contribution in [2.24, 2.45) is 0 Å².